The lowest BCUT2D eigenvalue weighted by Crippen LogP contribution is -1.90. The summed E-state index contributed by atoms with van der Waals surface area (Å²) in [7, 11) is 0. The van der Waals surface area contributed by atoms with Crippen LogP contribution in [-0.2, 0) is 0 Å². The van der Waals surface area contributed by atoms with Crippen LogP contribution < -0.4 is 0 Å². The summed E-state index contributed by atoms with van der Waals surface area (Å²) in [5, 5.41) is 1.60. The molecule has 0 saturated carbocycles. The molecule has 4 rings (SSSR count). The summed E-state index contributed by atoms with van der Waals surface area (Å²) in [5.41, 5.74) is 2.72. The maximum absolute atomic E-state index is 14.3. The monoisotopic (exact) mass is 322 g/mol. The first-order valence-corrected chi connectivity index (χ1v) is 8.33. The third-order valence-corrected chi connectivity index (χ3v) is 5.29. The van der Waals surface area contributed by atoms with Crippen LogP contribution in [0.3, 0.4) is 0 Å². The van der Waals surface area contributed by atoms with Crippen LogP contribution in [0.1, 0.15) is 26.7 Å². The van der Waals surface area contributed by atoms with Crippen LogP contribution >= 0.6 is 11.3 Å². The molecule has 0 saturated heterocycles. The van der Waals surface area contributed by atoms with Gasteiger partial charge in [0.2, 0.25) is 0 Å². The maximum Gasteiger partial charge on any atom is 0.132 e. The van der Waals surface area contributed by atoms with Crippen LogP contribution in [0.2, 0.25) is 0 Å². The van der Waals surface area contributed by atoms with Gasteiger partial charge in [0.1, 0.15) is 5.82 Å². The summed E-state index contributed by atoms with van der Waals surface area (Å²) < 4.78 is 24.5. The van der Waals surface area contributed by atoms with Crippen LogP contribution in [0.25, 0.3) is 31.4 Å². The van der Waals surface area contributed by atoms with Crippen LogP contribution in [0.4, 0.5) is 4.39 Å². The highest BCUT2D eigenvalue weighted by Gasteiger charge is 2.14. The van der Waals surface area contributed by atoms with E-state index in [0.29, 0.717) is 5.39 Å². The van der Waals surface area contributed by atoms with Gasteiger partial charge in [-0.05, 0) is 35.7 Å². The number of halogens is 1. The van der Waals surface area contributed by atoms with Crippen molar-refractivity contribution < 1.29 is 5.76 Å². The Hall–Kier alpha value is -2.26. The smallest absolute Gasteiger partial charge is 0.132 e. The third kappa shape index (κ3) is 2.32. The van der Waals surface area contributed by atoms with E-state index in [4.69, 9.17) is 1.37 Å². The van der Waals surface area contributed by atoms with Crippen molar-refractivity contribution in [2.24, 2.45) is 0 Å². The van der Waals surface area contributed by atoms with E-state index in [1.165, 1.54) is 6.07 Å². The number of pyridine rings is 1. The van der Waals surface area contributed by atoms with Gasteiger partial charge in [-0.2, -0.15) is 0 Å². The molecule has 0 spiro atoms. The predicted molar refractivity (Wildman–Crippen MR) is 96.6 cm³/mol. The fourth-order valence-electron chi connectivity index (χ4n) is 2.90. The molecule has 0 radical (unpaired) electrons. The molecule has 0 aliphatic carbocycles. The summed E-state index contributed by atoms with van der Waals surface area (Å²) in [6.45, 7) is 3.73. The van der Waals surface area contributed by atoms with E-state index in [-0.39, 0.29) is 5.82 Å². The van der Waals surface area contributed by atoms with Crippen LogP contribution in [0, 0.1) is 5.82 Å². The van der Waals surface area contributed by atoms with Crippen molar-refractivity contribution >= 4 is 31.5 Å². The van der Waals surface area contributed by atoms with E-state index in [1.54, 1.807) is 23.6 Å². The number of fused-ring (bicyclic) bond motifs is 3. The van der Waals surface area contributed by atoms with Crippen LogP contribution in [-0.4, -0.2) is 4.98 Å². The number of rotatable bonds is 2. The largest absolute Gasteiger partial charge is 0.256 e. The number of hydrogen-bond donors (Lipinski definition) is 0. The van der Waals surface area contributed by atoms with Crippen LogP contribution in [0.5, 0.6) is 0 Å². The minimum absolute atomic E-state index is 0.190. The van der Waals surface area contributed by atoms with Crippen molar-refractivity contribution in [3.05, 3.63) is 66.1 Å². The average molecular weight is 322 g/mol. The Morgan fingerprint density at radius 2 is 1.96 bits per heavy atom. The topological polar surface area (TPSA) is 12.9 Å². The molecule has 114 valence electrons. The maximum atomic E-state index is 14.3. The molecule has 0 bridgehead atoms. The molecule has 0 aliphatic rings. The van der Waals surface area contributed by atoms with Crippen LogP contribution in [0.15, 0.2) is 54.7 Å². The molecule has 4 aromatic rings. The zero-order valence-electron chi connectivity index (χ0n) is 13.9. The van der Waals surface area contributed by atoms with E-state index in [1.807, 2.05) is 50.2 Å². The second kappa shape index (κ2) is 5.43. The van der Waals surface area contributed by atoms with Crippen molar-refractivity contribution in [2.45, 2.75) is 19.7 Å². The minimum Gasteiger partial charge on any atom is -0.256 e. The second-order valence-electron chi connectivity index (χ2n) is 5.83. The Balaban J connectivity index is 2.02. The summed E-state index contributed by atoms with van der Waals surface area (Å²) in [6.07, 6.45) is 1.74. The Bertz CT molecular complexity index is 1060. The molecule has 2 aromatic heterocycles. The lowest BCUT2D eigenvalue weighted by atomic mass is 10.0. The normalized spacial score (nSPS) is 12.7. The number of nitrogens with zero attached hydrogens (tertiary/aromatic N) is 1. The standard InChI is InChI=1S/C20H16FNS/c1-12(2)13-9-10-22-17(11-13)14-5-3-6-15-19-16(21)7-4-8-18(19)23-20(14)15/h3-12H,1-2H3/i12D. The number of benzene rings is 2. The van der Waals surface area contributed by atoms with Gasteiger partial charge in [-0.15, -0.1) is 11.3 Å². The molecule has 0 aliphatic heterocycles. The van der Waals surface area contributed by atoms with E-state index < -0.39 is 5.89 Å². The molecule has 0 fully saturated rings. The highest BCUT2D eigenvalue weighted by Crippen LogP contribution is 2.40. The Labute approximate surface area is 139 Å². The quantitative estimate of drug-likeness (QED) is 0.417. The number of aromatic nitrogens is 1. The summed E-state index contributed by atoms with van der Waals surface area (Å²) in [6, 6.07) is 14.9. The van der Waals surface area contributed by atoms with Gasteiger partial charge in [-0.3, -0.25) is 4.98 Å². The van der Waals surface area contributed by atoms with Crippen molar-refractivity contribution in [1.82, 2.24) is 4.98 Å². The zero-order chi connectivity index (χ0) is 16.9. The SMILES string of the molecule is [2H]C(C)(C)c1ccnc(-c2cccc3c2sc2cccc(F)c23)c1. The van der Waals surface area contributed by atoms with Crippen molar-refractivity contribution in [1.29, 1.82) is 0 Å². The first-order chi connectivity index (χ1) is 11.4. The second-order valence-corrected chi connectivity index (χ2v) is 6.88. The zero-order valence-corrected chi connectivity index (χ0v) is 13.7. The van der Waals surface area contributed by atoms with E-state index in [9.17, 15) is 4.39 Å². The predicted octanol–water partition coefficient (Wildman–Crippen LogP) is 6.38. The number of thiophene rings is 1. The molecule has 2 heterocycles. The summed E-state index contributed by atoms with van der Waals surface area (Å²) >= 11 is 1.58. The molecular formula is C20H16FNS. The van der Waals surface area contributed by atoms with Crippen molar-refractivity contribution in [2.75, 3.05) is 0 Å². The first-order valence-electron chi connectivity index (χ1n) is 8.02. The lowest BCUT2D eigenvalue weighted by Gasteiger charge is -2.08. The van der Waals surface area contributed by atoms with Gasteiger partial charge in [0.25, 0.3) is 0 Å². The molecule has 23 heavy (non-hydrogen) atoms. The molecule has 2 aromatic carbocycles. The summed E-state index contributed by atoms with van der Waals surface area (Å²) in [4.78, 5) is 4.50. The summed E-state index contributed by atoms with van der Waals surface area (Å²) in [5.74, 6) is -0.873. The average Bonchev–Trinajstić information content (AvgIpc) is 2.94. The van der Waals surface area contributed by atoms with Crippen molar-refractivity contribution in [3.8, 4) is 11.3 Å². The fraction of sp³-hybridized carbons (Fsp3) is 0.150. The van der Waals surface area contributed by atoms with Gasteiger partial charge in [-0.1, -0.05) is 38.1 Å². The molecular weight excluding hydrogens is 305 g/mol. The molecule has 3 heteroatoms. The molecule has 0 amide bonds. The molecule has 0 unspecified atom stereocenters. The van der Waals surface area contributed by atoms with Gasteiger partial charge in [-0.25, -0.2) is 4.39 Å². The Kier molecular flexibility index (Phi) is 3.12. The van der Waals surface area contributed by atoms with E-state index in [2.05, 4.69) is 4.98 Å². The fourth-order valence-corrected chi connectivity index (χ4v) is 4.13. The highest BCUT2D eigenvalue weighted by molar-refractivity contribution is 7.26. The highest BCUT2D eigenvalue weighted by atomic mass is 32.1. The Morgan fingerprint density at radius 3 is 2.78 bits per heavy atom. The molecule has 0 atom stereocenters. The van der Waals surface area contributed by atoms with Gasteiger partial charge in [0.05, 0.1) is 5.69 Å². The van der Waals surface area contributed by atoms with E-state index >= 15 is 0 Å². The van der Waals surface area contributed by atoms with Crippen molar-refractivity contribution in [3.63, 3.8) is 0 Å². The van der Waals surface area contributed by atoms with Gasteiger partial charge in [0.15, 0.2) is 0 Å². The van der Waals surface area contributed by atoms with Gasteiger partial charge < -0.3 is 0 Å². The van der Waals surface area contributed by atoms with Gasteiger partial charge in [0, 0.05) is 33.3 Å². The molecule has 0 N–H and O–H groups in total. The first kappa shape index (κ1) is 13.2. The third-order valence-electron chi connectivity index (χ3n) is 4.09. The van der Waals surface area contributed by atoms with E-state index in [0.717, 1.165) is 31.6 Å². The number of hydrogen-bond acceptors (Lipinski definition) is 2. The molecule has 1 nitrogen and oxygen atoms in total. The van der Waals surface area contributed by atoms with Gasteiger partial charge >= 0.3 is 0 Å². The minimum atomic E-state index is -0.683. The lowest BCUT2D eigenvalue weighted by molar-refractivity contribution is 0.641. The Morgan fingerprint density at radius 1 is 1.13 bits per heavy atom.